The Morgan fingerprint density at radius 3 is 2.53 bits per heavy atom. The van der Waals surface area contributed by atoms with E-state index in [1.54, 1.807) is 0 Å². The smallest absolute Gasteiger partial charge is 0.231 e. The number of nitrogens with two attached hydrogens (primary N) is 1. The van der Waals surface area contributed by atoms with Gasteiger partial charge in [-0.3, -0.25) is 0 Å². The van der Waals surface area contributed by atoms with Crippen LogP contribution in [0.5, 0.6) is 0 Å². The molecule has 0 amide bonds. The number of anilines is 2. The molecule has 1 aliphatic rings. The first-order valence-corrected chi connectivity index (χ1v) is 5.78. The second-order valence-electron chi connectivity index (χ2n) is 3.66. The Balaban J connectivity index is 0.00000144. The molecule has 96 valence electrons. The van der Waals surface area contributed by atoms with Crippen LogP contribution in [-0.2, 0) is 0 Å². The minimum absolute atomic E-state index is 0. The molecule has 0 bridgehead atoms. The highest BCUT2D eigenvalue weighted by atomic mass is 35.5. The standard InChI is InChI=1S/C9H15ClN6.CH4/c10-7-13-8(12-6-11)15-9(14-7)16-4-2-1-3-5-16;/h1-6,11H2,(H,12,13,14,15);1H4. The fraction of sp³-hybridized carbons (Fsp3) is 0.700. The van der Waals surface area contributed by atoms with Gasteiger partial charge in [-0.05, 0) is 30.9 Å². The molecule has 1 fully saturated rings. The molecule has 0 saturated carbocycles. The Morgan fingerprint density at radius 2 is 1.88 bits per heavy atom. The van der Waals surface area contributed by atoms with E-state index < -0.39 is 0 Å². The van der Waals surface area contributed by atoms with Crippen LogP contribution in [-0.4, -0.2) is 34.7 Å². The lowest BCUT2D eigenvalue weighted by molar-refractivity contribution is 0.567. The van der Waals surface area contributed by atoms with Crippen molar-refractivity contribution in [1.82, 2.24) is 15.0 Å². The van der Waals surface area contributed by atoms with Crippen LogP contribution in [0.15, 0.2) is 0 Å². The van der Waals surface area contributed by atoms with Crippen LogP contribution in [0.2, 0.25) is 5.28 Å². The molecule has 3 N–H and O–H groups in total. The molecule has 1 aromatic rings. The fourth-order valence-electron chi connectivity index (χ4n) is 1.75. The van der Waals surface area contributed by atoms with Crippen molar-refractivity contribution < 1.29 is 0 Å². The fourth-order valence-corrected chi connectivity index (χ4v) is 1.90. The maximum absolute atomic E-state index is 5.84. The molecule has 6 nitrogen and oxygen atoms in total. The monoisotopic (exact) mass is 258 g/mol. The van der Waals surface area contributed by atoms with Crippen molar-refractivity contribution in [3.8, 4) is 0 Å². The Kier molecular flexibility index (Phi) is 5.37. The van der Waals surface area contributed by atoms with Gasteiger partial charge in [0.05, 0.1) is 6.67 Å². The summed E-state index contributed by atoms with van der Waals surface area (Å²) in [5.41, 5.74) is 5.37. The van der Waals surface area contributed by atoms with Crippen LogP contribution in [0, 0.1) is 0 Å². The summed E-state index contributed by atoms with van der Waals surface area (Å²) in [6, 6.07) is 0. The summed E-state index contributed by atoms with van der Waals surface area (Å²) in [6.45, 7) is 2.23. The summed E-state index contributed by atoms with van der Waals surface area (Å²) >= 11 is 5.84. The maximum atomic E-state index is 5.84. The lowest BCUT2D eigenvalue weighted by atomic mass is 10.1. The van der Waals surface area contributed by atoms with Crippen molar-refractivity contribution in [1.29, 1.82) is 0 Å². The summed E-state index contributed by atoms with van der Waals surface area (Å²) < 4.78 is 0. The summed E-state index contributed by atoms with van der Waals surface area (Å²) in [4.78, 5) is 14.5. The van der Waals surface area contributed by atoms with Gasteiger partial charge in [-0.25, -0.2) is 0 Å². The SMILES string of the molecule is C.NCNc1nc(Cl)nc(N2CCCCC2)n1. The lowest BCUT2D eigenvalue weighted by Gasteiger charge is -2.26. The average molecular weight is 259 g/mol. The molecule has 7 heteroatoms. The molecule has 1 aromatic heterocycles. The van der Waals surface area contributed by atoms with E-state index in [2.05, 4.69) is 25.2 Å². The Labute approximate surface area is 107 Å². The quantitative estimate of drug-likeness (QED) is 0.800. The zero-order valence-electron chi connectivity index (χ0n) is 8.99. The van der Waals surface area contributed by atoms with E-state index in [-0.39, 0.29) is 19.4 Å². The van der Waals surface area contributed by atoms with Crippen LogP contribution in [0.3, 0.4) is 0 Å². The summed E-state index contributed by atoms with van der Waals surface area (Å²) in [5, 5.41) is 3.03. The highest BCUT2D eigenvalue weighted by Crippen LogP contribution is 2.18. The van der Waals surface area contributed by atoms with Gasteiger partial charge in [0.1, 0.15) is 0 Å². The van der Waals surface area contributed by atoms with Gasteiger partial charge in [0.2, 0.25) is 17.2 Å². The van der Waals surface area contributed by atoms with E-state index in [0.717, 1.165) is 13.1 Å². The van der Waals surface area contributed by atoms with Crippen molar-refractivity contribution in [2.45, 2.75) is 26.7 Å². The van der Waals surface area contributed by atoms with E-state index in [4.69, 9.17) is 17.3 Å². The number of hydrogen-bond donors (Lipinski definition) is 2. The molecule has 1 saturated heterocycles. The minimum Gasteiger partial charge on any atom is -0.342 e. The molecule has 0 unspecified atom stereocenters. The van der Waals surface area contributed by atoms with Crippen molar-refractivity contribution in [2.75, 3.05) is 30.0 Å². The molecule has 2 rings (SSSR count). The van der Waals surface area contributed by atoms with Crippen molar-refractivity contribution in [3.63, 3.8) is 0 Å². The first kappa shape index (κ1) is 13.9. The predicted octanol–water partition coefficient (Wildman–Crippen LogP) is 1.48. The maximum Gasteiger partial charge on any atom is 0.231 e. The van der Waals surface area contributed by atoms with Gasteiger partial charge in [-0.1, -0.05) is 7.43 Å². The number of piperidine rings is 1. The number of nitrogens with zero attached hydrogens (tertiary/aromatic N) is 4. The lowest BCUT2D eigenvalue weighted by Crippen LogP contribution is -2.31. The van der Waals surface area contributed by atoms with E-state index in [9.17, 15) is 0 Å². The molecule has 2 heterocycles. The molecule has 17 heavy (non-hydrogen) atoms. The second-order valence-corrected chi connectivity index (χ2v) is 3.99. The van der Waals surface area contributed by atoms with Crippen LogP contribution in [0.1, 0.15) is 26.7 Å². The number of rotatable bonds is 3. The number of aromatic nitrogens is 3. The molecule has 0 radical (unpaired) electrons. The van der Waals surface area contributed by atoms with Gasteiger partial charge in [-0.15, -0.1) is 0 Å². The summed E-state index contributed by atoms with van der Waals surface area (Å²) in [6.07, 6.45) is 3.61. The van der Waals surface area contributed by atoms with E-state index >= 15 is 0 Å². The number of halogens is 1. The third kappa shape index (κ3) is 3.67. The molecule has 0 aliphatic carbocycles. The van der Waals surface area contributed by atoms with E-state index in [1.807, 2.05) is 0 Å². The molecule has 0 atom stereocenters. The molecule has 0 aromatic carbocycles. The van der Waals surface area contributed by atoms with Crippen LogP contribution in [0.4, 0.5) is 11.9 Å². The first-order valence-electron chi connectivity index (χ1n) is 5.40. The van der Waals surface area contributed by atoms with Gasteiger partial charge in [-0.2, -0.15) is 15.0 Å². The van der Waals surface area contributed by atoms with Crippen molar-refractivity contribution >= 4 is 23.5 Å². The minimum atomic E-state index is 0. The van der Waals surface area contributed by atoms with Crippen LogP contribution < -0.4 is 16.0 Å². The molecular formula is C10H19ClN6. The third-order valence-electron chi connectivity index (χ3n) is 2.50. The molecule has 1 aliphatic heterocycles. The normalized spacial score (nSPS) is 15.3. The summed E-state index contributed by atoms with van der Waals surface area (Å²) in [7, 11) is 0. The van der Waals surface area contributed by atoms with Gasteiger partial charge < -0.3 is 16.0 Å². The highest BCUT2D eigenvalue weighted by molar-refractivity contribution is 6.28. The van der Waals surface area contributed by atoms with Crippen molar-refractivity contribution in [2.24, 2.45) is 5.73 Å². The van der Waals surface area contributed by atoms with Crippen LogP contribution in [0.25, 0.3) is 0 Å². The van der Waals surface area contributed by atoms with Crippen LogP contribution >= 0.6 is 11.6 Å². The summed E-state index contributed by atoms with van der Waals surface area (Å²) in [5.74, 6) is 1.07. The Bertz CT molecular complexity index is 353. The van der Waals surface area contributed by atoms with E-state index in [1.165, 1.54) is 19.3 Å². The van der Waals surface area contributed by atoms with Crippen molar-refractivity contribution in [3.05, 3.63) is 5.28 Å². The topological polar surface area (TPSA) is 80.0 Å². The highest BCUT2D eigenvalue weighted by Gasteiger charge is 2.15. The first-order chi connectivity index (χ1) is 7.79. The predicted molar refractivity (Wildman–Crippen MR) is 70.3 cm³/mol. The largest absolute Gasteiger partial charge is 0.342 e. The van der Waals surface area contributed by atoms with Gasteiger partial charge in [0, 0.05) is 13.1 Å². The number of nitrogens with one attached hydrogen (secondary N) is 1. The van der Waals surface area contributed by atoms with E-state index in [0.29, 0.717) is 11.9 Å². The zero-order chi connectivity index (χ0) is 11.4. The third-order valence-corrected chi connectivity index (χ3v) is 2.66. The average Bonchev–Trinajstić information content (AvgIpc) is 2.30. The number of hydrogen-bond acceptors (Lipinski definition) is 6. The second kappa shape index (κ2) is 6.56. The van der Waals surface area contributed by atoms with Gasteiger partial charge in [0.25, 0.3) is 0 Å². The Hall–Kier alpha value is -1.14. The van der Waals surface area contributed by atoms with Gasteiger partial charge in [0.15, 0.2) is 0 Å². The molecule has 0 spiro atoms. The zero-order valence-corrected chi connectivity index (χ0v) is 9.74. The molecular weight excluding hydrogens is 240 g/mol. The Morgan fingerprint density at radius 1 is 1.18 bits per heavy atom. The van der Waals surface area contributed by atoms with Gasteiger partial charge >= 0.3 is 0 Å².